The van der Waals surface area contributed by atoms with E-state index in [1.165, 1.54) is 12.1 Å². The number of carbonyl (C=O) groups is 1. The van der Waals surface area contributed by atoms with E-state index in [0.717, 1.165) is 28.9 Å². The van der Waals surface area contributed by atoms with Crippen LogP contribution < -0.4 is 5.32 Å². The van der Waals surface area contributed by atoms with Crippen LogP contribution in [0.1, 0.15) is 13.3 Å². The van der Waals surface area contributed by atoms with Crippen molar-refractivity contribution in [3.63, 3.8) is 0 Å². The van der Waals surface area contributed by atoms with Crippen LogP contribution in [0.5, 0.6) is 0 Å². The van der Waals surface area contributed by atoms with Gasteiger partial charge >= 0.3 is 0 Å². The van der Waals surface area contributed by atoms with Crippen LogP contribution in [0.15, 0.2) is 54.9 Å². The SMILES string of the molecule is CC1CC1C(=O)NCCn1nc(-c2ccc(F)cc2)cc1-c1cccnc1. The van der Waals surface area contributed by atoms with Crippen LogP contribution in [-0.4, -0.2) is 27.2 Å². The summed E-state index contributed by atoms with van der Waals surface area (Å²) in [5.74, 6) is 0.500. The molecule has 4 rings (SSSR count). The number of pyridine rings is 1. The monoisotopic (exact) mass is 364 g/mol. The fourth-order valence-corrected chi connectivity index (χ4v) is 3.20. The molecule has 1 saturated carbocycles. The number of aromatic nitrogens is 3. The van der Waals surface area contributed by atoms with Crippen molar-refractivity contribution in [1.29, 1.82) is 0 Å². The third-order valence-corrected chi connectivity index (χ3v) is 4.95. The summed E-state index contributed by atoms with van der Waals surface area (Å²) in [7, 11) is 0. The van der Waals surface area contributed by atoms with E-state index in [0.29, 0.717) is 19.0 Å². The van der Waals surface area contributed by atoms with Gasteiger partial charge in [0.25, 0.3) is 0 Å². The molecule has 3 aromatic rings. The topological polar surface area (TPSA) is 59.8 Å². The van der Waals surface area contributed by atoms with Crippen molar-refractivity contribution in [1.82, 2.24) is 20.1 Å². The van der Waals surface area contributed by atoms with E-state index in [1.807, 2.05) is 22.9 Å². The Bertz CT molecular complexity index is 937. The molecule has 1 aliphatic rings. The van der Waals surface area contributed by atoms with Gasteiger partial charge in [0.05, 0.1) is 17.9 Å². The van der Waals surface area contributed by atoms with Crippen molar-refractivity contribution in [3.05, 3.63) is 60.7 Å². The van der Waals surface area contributed by atoms with Gasteiger partial charge in [-0.1, -0.05) is 6.92 Å². The molecule has 0 aliphatic heterocycles. The summed E-state index contributed by atoms with van der Waals surface area (Å²) in [4.78, 5) is 16.2. The van der Waals surface area contributed by atoms with Crippen LogP contribution in [0.25, 0.3) is 22.5 Å². The summed E-state index contributed by atoms with van der Waals surface area (Å²) in [5, 5.41) is 7.67. The van der Waals surface area contributed by atoms with Crippen LogP contribution in [-0.2, 0) is 11.3 Å². The molecule has 1 amide bonds. The Labute approximate surface area is 157 Å². The summed E-state index contributed by atoms with van der Waals surface area (Å²) in [6, 6.07) is 12.1. The second-order valence-corrected chi connectivity index (χ2v) is 7.00. The molecule has 2 unspecified atom stereocenters. The maximum atomic E-state index is 13.2. The zero-order valence-electron chi connectivity index (χ0n) is 15.1. The summed E-state index contributed by atoms with van der Waals surface area (Å²) in [6.07, 6.45) is 4.48. The molecule has 0 radical (unpaired) electrons. The van der Waals surface area contributed by atoms with Crippen molar-refractivity contribution >= 4 is 5.91 Å². The van der Waals surface area contributed by atoms with Gasteiger partial charge in [-0.3, -0.25) is 14.5 Å². The quantitative estimate of drug-likeness (QED) is 0.728. The summed E-state index contributed by atoms with van der Waals surface area (Å²) in [5.41, 5.74) is 3.46. The average molecular weight is 364 g/mol. The molecular weight excluding hydrogens is 343 g/mol. The van der Waals surface area contributed by atoms with E-state index in [2.05, 4.69) is 22.3 Å². The van der Waals surface area contributed by atoms with Crippen LogP contribution in [0.3, 0.4) is 0 Å². The molecule has 0 bridgehead atoms. The second-order valence-electron chi connectivity index (χ2n) is 7.00. The predicted molar refractivity (Wildman–Crippen MR) is 101 cm³/mol. The molecule has 1 fully saturated rings. The molecule has 1 N–H and O–H groups in total. The van der Waals surface area contributed by atoms with Gasteiger partial charge < -0.3 is 5.32 Å². The number of carbonyl (C=O) groups excluding carboxylic acids is 1. The normalized spacial score (nSPS) is 18.3. The molecule has 1 aromatic carbocycles. The van der Waals surface area contributed by atoms with Gasteiger partial charge in [0.15, 0.2) is 0 Å². The minimum Gasteiger partial charge on any atom is -0.354 e. The molecule has 138 valence electrons. The van der Waals surface area contributed by atoms with Gasteiger partial charge in [-0.15, -0.1) is 0 Å². The van der Waals surface area contributed by atoms with Crippen molar-refractivity contribution in [3.8, 4) is 22.5 Å². The average Bonchev–Trinajstić information content (AvgIpc) is 3.27. The van der Waals surface area contributed by atoms with Crippen molar-refractivity contribution in [2.75, 3.05) is 6.54 Å². The minimum absolute atomic E-state index is 0.122. The first-order valence-electron chi connectivity index (χ1n) is 9.14. The summed E-state index contributed by atoms with van der Waals surface area (Å²) >= 11 is 0. The first-order chi connectivity index (χ1) is 13.1. The highest BCUT2D eigenvalue weighted by atomic mass is 19.1. The number of rotatable bonds is 6. The Hall–Kier alpha value is -3.02. The first-order valence-corrected chi connectivity index (χ1v) is 9.14. The Balaban J connectivity index is 1.56. The lowest BCUT2D eigenvalue weighted by molar-refractivity contribution is -0.122. The van der Waals surface area contributed by atoms with Crippen molar-refractivity contribution < 1.29 is 9.18 Å². The van der Waals surface area contributed by atoms with E-state index in [4.69, 9.17) is 0 Å². The first kappa shape index (κ1) is 17.4. The van der Waals surface area contributed by atoms with Crippen LogP contribution in [0.4, 0.5) is 4.39 Å². The van der Waals surface area contributed by atoms with E-state index >= 15 is 0 Å². The highest BCUT2D eigenvalue weighted by Crippen LogP contribution is 2.37. The Morgan fingerprint density at radius 3 is 2.70 bits per heavy atom. The third kappa shape index (κ3) is 3.89. The van der Waals surface area contributed by atoms with E-state index < -0.39 is 0 Å². The fraction of sp³-hybridized carbons (Fsp3) is 0.286. The molecule has 0 saturated heterocycles. The number of nitrogens with one attached hydrogen (secondary N) is 1. The number of amides is 1. The van der Waals surface area contributed by atoms with Crippen LogP contribution in [0, 0.1) is 17.7 Å². The van der Waals surface area contributed by atoms with Gasteiger partial charge in [0.1, 0.15) is 5.82 Å². The highest BCUT2D eigenvalue weighted by molar-refractivity contribution is 5.81. The zero-order chi connectivity index (χ0) is 18.8. The zero-order valence-corrected chi connectivity index (χ0v) is 15.1. The van der Waals surface area contributed by atoms with Gasteiger partial charge in [0, 0.05) is 36.0 Å². The number of nitrogens with zero attached hydrogens (tertiary/aromatic N) is 3. The highest BCUT2D eigenvalue weighted by Gasteiger charge is 2.38. The Morgan fingerprint density at radius 2 is 2.04 bits per heavy atom. The third-order valence-electron chi connectivity index (χ3n) is 4.95. The predicted octanol–water partition coefficient (Wildman–Crippen LogP) is 3.52. The van der Waals surface area contributed by atoms with Crippen LogP contribution >= 0.6 is 0 Å². The maximum absolute atomic E-state index is 13.2. The fourth-order valence-electron chi connectivity index (χ4n) is 3.20. The van der Waals surface area contributed by atoms with Gasteiger partial charge in [-0.05, 0) is 54.8 Å². The smallest absolute Gasteiger partial charge is 0.223 e. The van der Waals surface area contributed by atoms with Crippen LogP contribution in [0.2, 0.25) is 0 Å². The van der Waals surface area contributed by atoms with Gasteiger partial charge in [0.2, 0.25) is 5.91 Å². The van der Waals surface area contributed by atoms with Crippen molar-refractivity contribution in [2.24, 2.45) is 11.8 Å². The molecule has 27 heavy (non-hydrogen) atoms. The lowest BCUT2D eigenvalue weighted by Gasteiger charge is -2.08. The number of halogens is 1. The van der Waals surface area contributed by atoms with E-state index in [-0.39, 0.29) is 17.6 Å². The molecular formula is C21H21FN4O. The molecule has 5 nitrogen and oxygen atoms in total. The van der Waals surface area contributed by atoms with Gasteiger partial charge in [-0.2, -0.15) is 5.10 Å². The largest absolute Gasteiger partial charge is 0.354 e. The number of hydrogen-bond acceptors (Lipinski definition) is 3. The van der Waals surface area contributed by atoms with E-state index in [9.17, 15) is 9.18 Å². The molecule has 2 atom stereocenters. The van der Waals surface area contributed by atoms with Crippen molar-refractivity contribution in [2.45, 2.75) is 19.9 Å². The molecule has 2 heterocycles. The number of hydrogen-bond donors (Lipinski definition) is 1. The summed E-state index contributed by atoms with van der Waals surface area (Å²) in [6.45, 7) is 3.16. The molecule has 6 heteroatoms. The molecule has 1 aliphatic carbocycles. The minimum atomic E-state index is -0.275. The van der Waals surface area contributed by atoms with E-state index in [1.54, 1.807) is 24.5 Å². The second kappa shape index (κ2) is 7.31. The number of benzene rings is 1. The summed E-state index contributed by atoms with van der Waals surface area (Å²) < 4.78 is 15.1. The lowest BCUT2D eigenvalue weighted by Crippen LogP contribution is -2.29. The Kier molecular flexibility index (Phi) is 4.71. The van der Waals surface area contributed by atoms with Gasteiger partial charge in [-0.25, -0.2) is 4.39 Å². The molecule has 2 aromatic heterocycles. The lowest BCUT2D eigenvalue weighted by atomic mass is 10.1. The maximum Gasteiger partial charge on any atom is 0.223 e. The Morgan fingerprint density at radius 1 is 1.26 bits per heavy atom. The standard InChI is InChI=1S/C21H21FN4O/c1-14-11-18(14)21(27)24-9-10-26-20(16-3-2-8-23-13-16)12-19(25-26)15-4-6-17(22)7-5-15/h2-8,12-14,18H,9-11H2,1H3,(H,24,27). The molecule has 0 spiro atoms.